The van der Waals surface area contributed by atoms with Gasteiger partial charge in [-0.25, -0.2) is 4.98 Å². The molecule has 0 atom stereocenters. The molecule has 1 aliphatic heterocycles. The van der Waals surface area contributed by atoms with E-state index in [4.69, 9.17) is 4.74 Å². The van der Waals surface area contributed by atoms with Crippen LogP contribution in [0.1, 0.15) is 29.8 Å². The Labute approximate surface area is 202 Å². The van der Waals surface area contributed by atoms with Crippen LogP contribution >= 0.6 is 0 Å². The fourth-order valence-electron chi connectivity index (χ4n) is 3.96. The van der Waals surface area contributed by atoms with Gasteiger partial charge >= 0.3 is 12.8 Å². The number of imidazole rings is 1. The standard InChI is InChI=1S/C24H21F5N4O3/c1-23(2,12-30)14-4-5-33-16(9-31-19(33)8-14)13-6-17(35-3)20(18(7-13)36-22(25)26)21(34)32-10-15(11-32)24(27,28)29/h4-9,15,22H,10-11H2,1-3H3. The number of benzene rings is 1. The van der Waals surface area contributed by atoms with Gasteiger partial charge in [-0.3, -0.25) is 9.20 Å². The van der Waals surface area contributed by atoms with Crippen molar-refractivity contribution in [3.8, 4) is 28.8 Å². The van der Waals surface area contributed by atoms with Gasteiger partial charge in [-0.15, -0.1) is 0 Å². The second kappa shape index (κ2) is 8.96. The topological polar surface area (TPSA) is 79.9 Å². The maximum atomic E-state index is 13.3. The first kappa shape index (κ1) is 25.2. The number of hydrogen-bond donors (Lipinski definition) is 0. The zero-order valence-corrected chi connectivity index (χ0v) is 19.4. The van der Waals surface area contributed by atoms with Crippen LogP contribution in [0.25, 0.3) is 16.9 Å². The third kappa shape index (κ3) is 4.53. The van der Waals surface area contributed by atoms with Gasteiger partial charge in [0.1, 0.15) is 22.7 Å². The summed E-state index contributed by atoms with van der Waals surface area (Å²) in [5, 5.41) is 9.40. The number of nitrogens with zero attached hydrogens (tertiary/aromatic N) is 4. The van der Waals surface area contributed by atoms with E-state index in [0.29, 0.717) is 16.9 Å². The van der Waals surface area contributed by atoms with Crippen molar-refractivity contribution in [2.75, 3.05) is 20.2 Å². The number of rotatable bonds is 6. The van der Waals surface area contributed by atoms with E-state index in [1.807, 2.05) is 0 Å². The molecule has 0 bridgehead atoms. The Hall–Kier alpha value is -3.88. The zero-order chi connectivity index (χ0) is 26.4. The Morgan fingerprint density at radius 1 is 1.19 bits per heavy atom. The minimum absolute atomic E-state index is 0.138. The van der Waals surface area contributed by atoms with Gasteiger partial charge in [-0.05, 0) is 43.7 Å². The Balaban J connectivity index is 1.76. The van der Waals surface area contributed by atoms with E-state index in [1.54, 1.807) is 36.6 Å². The number of methoxy groups -OCH3 is 1. The van der Waals surface area contributed by atoms with Crippen LogP contribution in [-0.2, 0) is 5.41 Å². The average Bonchev–Trinajstić information content (AvgIpc) is 3.19. The molecule has 2 aromatic heterocycles. The van der Waals surface area contributed by atoms with Crippen molar-refractivity contribution in [3.63, 3.8) is 0 Å². The lowest BCUT2D eigenvalue weighted by Gasteiger charge is -2.40. The van der Waals surface area contributed by atoms with Gasteiger partial charge in [0.2, 0.25) is 0 Å². The van der Waals surface area contributed by atoms with Crippen LogP contribution in [0.4, 0.5) is 22.0 Å². The van der Waals surface area contributed by atoms with Crippen LogP contribution < -0.4 is 9.47 Å². The number of aromatic nitrogens is 2. The Kier molecular flexibility index (Phi) is 6.28. The van der Waals surface area contributed by atoms with Crippen molar-refractivity contribution in [3.05, 3.63) is 47.8 Å². The summed E-state index contributed by atoms with van der Waals surface area (Å²) in [5.41, 5.74) is 0.814. The second-order valence-electron chi connectivity index (χ2n) is 8.90. The van der Waals surface area contributed by atoms with Crippen LogP contribution in [-0.4, -0.2) is 53.2 Å². The molecule has 1 aromatic carbocycles. The summed E-state index contributed by atoms with van der Waals surface area (Å²) in [6.45, 7) is -0.960. The van der Waals surface area contributed by atoms with Crippen molar-refractivity contribution in [2.45, 2.75) is 32.1 Å². The van der Waals surface area contributed by atoms with E-state index in [2.05, 4.69) is 15.8 Å². The summed E-state index contributed by atoms with van der Waals surface area (Å²) in [6.07, 6.45) is -1.31. The number of amides is 1. The Morgan fingerprint density at radius 2 is 1.86 bits per heavy atom. The van der Waals surface area contributed by atoms with Crippen molar-refractivity contribution >= 4 is 11.6 Å². The highest BCUT2D eigenvalue weighted by Crippen LogP contribution is 2.40. The highest BCUT2D eigenvalue weighted by Gasteiger charge is 2.49. The number of hydrogen-bond acceptors (Lipinski definition) is 5. The molecule has 0 radical (unpaired) electrons. The van der Waals surface area contributed by atoms with E-state index in [0.717, 1.165) is 10.5 Å². The molecule has 3 heterocycles. The van der Waals surface area contributed by atoms with Crippen LogP contribution in [0.5, 0.6) is 11.5 Å². The van der Waals surface area contributed by atoms with Gasteiger partial charge in [-0.2, -0.15) is 27.2 Å². The molecule has 190 valence electrons. The quantitative estimate of drug-likeness (QED) is 0.436. The van der Waals surface area contributed by atoms with Gasteiger partial charge in [0, 0.05) is 24.8 Å². The number of carbonyl (C=O) groups is 1. The van der Waals surface area contributed by atoms with E-state index >= 15 is 0 Å². The minimum atomic E-state index is -4.46. The first-order valence-corrected chi connectivity index (χ1v) is 10.8. The van der Waals surface area contributed by atoms with Gasteiger partial charge in [-0.1, -0.05) is 0 Å². The SMILES string of the molecule is COc1cc(-c2cnc3cc(C(C)(C)C#N)ccn23)cc(OC(F)F)c1C(=O)N1CC(C(F)(F)F)C1. The van der Waals surface area contributed by atoms with Gasteiger partial charge < -0.3 is 14.4 Å². The molecule has 7 nitrogen and oxygen atoms in total. The van der Waals surface area contributed by atoms with Crippen molar-refractivity contribution in [2.24, 2.45) is 5.92 Å². The zero-order valence-electron chi connectivity index (χ0n) is 19.4. The Bertz CT molecular complexity index is 1350. The van der Waals surface area contributed by atoms with E-state index < -0.39 is 54.4 Å². The maximum Gasteiger partial charge on any atom is 0.395 e. The number of nitriles is 1. The highest BCUT2D eigenvalue weighted by molar-refractivity contribution is 6.01. The van der Waals surface area contributed by atoms with E-state index in [-0.39, 0.29) is 5.75 Å². The fourth-order valence-corrected chi connectivity index (χ4v) is 3.96. The predicted molar refractivity (Wildman–Crippen MR) is 118 cm³/mol. The lowest BCUT2D eigenvalue weighted by Crippen LogP contribution is -2.55. The normalized spacial score (nSPS) is 14.6. The summed E-state index contributed by atoms with van der Waals surface area (Å²) in [4.78, 5) is 18.2. The largest absolute Gasteiger partial charge is 0.496 e. The molecule has 4 rings (SSSR count). The van der Waals surface area contributed by atoms with E-state index in [1.165, 1.54) is 25.4 Å². The molecule has 0 saturated carbocycles. The fraction of sp³-hybridized carbons (Fsp3) is 0.375. The number of carbonyl (C=O) groups excluding carboxylic acids is 1. The molecule has 1 aliphatic rings. The van der Waals surface area contributed by atoms with Crippen LogP contribution in [0, 0.1) is 17.2 Å². The summed E-state index contributed by atoms with van der Waals surface area (Å²) in [6, 6.07) is 8.26. The molecule has 36 heavy (non-hydrogen) atoms. The lowest BCUT2D eigenvalue weighted by atomic mass is 9.87. The number of ether oxygens (including phenoxy) is 2. The molecule has 1 fully saturated rings. The summed E-state index contributed by atoms with van der Waals surface area (Å²) in [5.74, 6) is -3.26. The molecule has 3 aromatic rings. The molecule has 1 amide bonds. The number of alkyl halides is 5. The maximum absolute atomic E-state index is 13.3. The smallest absolute Gasteiger partial charge is 0.395 e. The van der Waals surface area contributed by atoms with Crippen molar-refractivity contribution in [1.82, 2.24) is 14.3 Å². The third-order valence-corrected chi connectivity index (χ3v) is 6.16. The molecule has 0 N–H and O–H groups in total. The molecule has 1 saturated heterocycles. The molecular formula is C24H21F5N4O3. The molecule has 0 unspecified atom stereocenters. The average molecular weight is 508 g/mol. The van der Waals surface area contributed by atoms with Gasteiger partial charge in [0.15, 0.2) is 0 Å². The first-order valence-electron chi connectivity index (χ1n) is 10.8. The predicted octanol–water partition coefficient (Wildman–Crippen LogP) is 5.05. The number of pyridine rings is 1. The first-order chi connectivity index (χ1) is 16.9. The van der Waals surface area contributed by atoms with E-state index in [9.17, 15) is 32.0 Å². The molecule has 0 aliphatic carbocycles. The van der Waals surface area contributed by atoms with Crippen LogP contribution in [0.15, 0.2) is 36.7 Å². The molecule has 0 spiro atoms. The monoisotopic (exact) mass is 508 g/mol. The lowest BCUT2D eigenvalue weighted by molar-refractivity contribution is -0.202. The minimum Gasteiger partial charge on any atom is -0.496 e. The molecular weight excluding hydrogens is 487 g/mol. The third-order valence-electron chi connectivity index (χ3n) is 6.16. The van der Waals surface area contributed by atoms with Gasteiger partial charge in [0.25, 0.3) is 5.91 Å². The molecule has 12 heteroatoms. The second-order valence-corrected chi connectivity index (χ2v) is 8.90. The van der Waals surface area contributed by atoms with Crippen molar-refractivity contribution < 1.29 is 36.2 Å². The summed E-state index contributed by atoms with van der Waals surface area (Å²) < 4.78 is 76.7. The van der Waals surface area contributed by atoms with Crippen molar-refractivity contribution in [1.29, 1.82) is 5.26 Å². The summed E-state index contributed by atoms with van der Waals surface area (Å²) in [7, 11) is 1.21. The summed E-state index contributed by atoms with van der Waals surface area (Å²) >= 11 is 0. The number of fused-ring (bicyclic) bond motifs is 1. The van der Waals surface area contributed by atoms with Crippen LogP contribution in [0.2, 0.25) is 0 Å². The number of likely N-dealkylation sites (tertiary alicyclic amines) is 1. The Morgan fingerprint density at radius 3 is 2.44 bits per heavy atom. The highest BCUT2D eigenvalue weighted by atomic mass is 19.4. The number of halogens is 5. The van der Waals surface area contributed by atoms with Crippen LogP contribution in [0.3, 0.4) is 0 Å². The van der Waals surface area contributed by atoms with Gasteiger partial charge in [0.05, 0.1) is 36.4 Å².